The van der Waals surface area contributed by atoms with Gasteiger partial charge in [-0.1, -0.05) is 24.8 Å². The lowest BCUT2D eigenvalue weighted by molar-refractivity contribution is -0.461. The fraction of sp³-hybridized carbons (Fsp3) is 0.333. The summed E-state index contributed by atoms with van der Waals surface area (Å²) in [6.07, 6.45) is 5.78. The van der Waals surface area contributed by atoms with Crippen LogP contribution in [0.15, 0.2) is 25.2 Å². The second-order valence-corrected chi connectivity index (χ2v) is 4.88. The first-order valence-corrected chi connectivity index (χ1v) is 6.01. The third-order valence-electron chi connectivity index (χ3n) is 1.70. The first-order chi connectivity index (χ1) is 6.51. The Hall–Kier alpha value is -1.16. The molecule has 5 heteroatoms. The van der Waals surface area contributed by atoms with Gasteiger partial charge in [0, 0.05) is 12.2 Å². The van der Waals surface area contributed by atoms with Gasteiger partial charge in [-0.05, 0) is 6.58 Å². The number of nitrogens with zero attached hydrogens (tertiary/aromatic N) is 2. The summed E-state index contributed by atoms with van der Waals surface area (Å²) in [6.45, 7) is 4.20. The summed E-state index contributed by atoms with van der Waals surface area (Å²) in [6, 6.07) is 2.95. The lowest BCUT2D eigenvalue weighted by Gasteiger charge is -2.09. The van der Waals surface area contributed by atoms with Crippen molar-refractivity contribution in [3.63, 3.8) is 0 Å². The summed E-state index contributed by atoms with van der Waals surface area (Å²) in [5.41, 5.74) is 0. The van der Waals surface area contributed by atoms with Crippen molar-refractivity contribution in [2.45, 2.75) is 6.42 Å². The normalized spacial score (nSPS) is 18.6. The van der Waals surface area contributed by atoms with Gasteiger partial charge in [-0.2, -0.15) is 0 Å². The molecule has 1 unspecified atom stereocenters. The van der Waals surface area contributed by atoms with Crippen LogP contribution >= 0.6 is 0 Å². The predicted molar refractivity (Wildman–Crippen MR) is 55.3 cm³/mol. The van der Waals surface area contributed by atoms with Crippen molar-refractivity contribution in [2.75, 3.05) is 12.3 Å². The quantitative estimate of drug-likeness (QED) is 0.478. The molecule has 76 valence electrons. The van der Waals surface area contributed by atoms with Crippen molar-refractivity contribution in [1.29, 1.82) is 0 Å². The minimum Gasteiger partial charge on any atom is -0.778 e. The van der Waals surface area contributed by atoms with Crippen molar-refractivity contribution >= 4 is 21.7 Å². The van der Waals surface area contributed by atoms with Gasteiger partial charge in [0.1, 0.15) is 0 Å². The monoisotopic (exact) mass is 213 g/mol. The van der Waals surface area contributed by atoms with E-state index in [1.165, 1.54) is 0 Å². The molecule has 0 bridgehead atoms. The minimum atomic E-state index is -3.10. The Morgan fingerprint density at radius 3 is 2.79 bits per heavy atom. The van der Waals surface area contributed by atoms with Crippen LogP contribution in [0.1, 0.15) is 6.42 Å². The molecule has 1 rings (SSSR count). The van der Waals surface area contributed by atoms with Crippen LogP contribution in [-0.2, 0) is 9.80 Å². The molecule has 0 spiro atoms. The van der Waals surface area contributed by atoms with E-state index in [0.717, 1.165) is 0 Å². The van der Waals surface area contributed by atoms with E-state index in [4.69, 9.17) is 0 Å². The fourth-order valence-electron chi connectivity index (χ4n) is 1.05. The lowest BCUT2D eigenvalue weighted by Crippen LogP contribution is -2.11. The molecule has 14 heavy (non-hydrogen) atoms. The molecule has 0 fully saturated rings. The molecule has 1 aliphatic rings. The van der Waals surface area contributed by atoms with Gasteiger partial charge >= 0.3 is 6.01 Å². The summed E-state index contributed by atoms with van der Waals surface area (Å²) < 4.78 is 24.9. The van der Waals surface area contributed by atoms with Gasteiger partial charge in [-0.25, -0.2) is 0 Å². The SMILES string of the molecule is C=C[N+]1=C=[N+](CCCS(=C)(=O)[O-])C=C1. The van der Waals surface area contributed by atoms with E-state index < -0.39 is 9.80 Å². The summed E-state index contributed by atoms with van der Waals surface area (Å²) in [7, 11) is -3.10. The molecule has 0 aromatic rings. The predicted octanol–water partition coefficient (Wildman–Crippen LogP) is 0.0505. The molecule has 0 aromatic heterocycles. The highest BCUT2D eigenvalue weighted by molar-refractivity contribution is 7.94. The van der Waals surface area contributed by atoms with Crippen LogP contribution in [0, 0.1) is 0 Å². The minimum absolute atomic E-state index is 0.104. The highest BCUT2D eigenvalue weighted by atomic mass is 32.2. The van der Waals surface area contributed by atoms with Crippen molar-refractivity contribution in [1.82, 2.24) is 0 Å². The van der Waals surface area contributed by atoms with Crippen LogP contribution in [0.4, 0.5) is 0 Å². The topological polar surface area (TPSA) is 46.1 Å². The van der Waals surface area contributed by atoms with Crippen molar-refractivity contribution < 1.29 is 17.9 Å². The van der Waals surface area contributed by atoms with Crippen molar-refractivity contribution in [2.24, 2.45) is 0 Å². The fourth-order valence-corrected chi connectivity index (χ4v) is 1.62. The van der Waals surface area contributed by atoms with Crippen LogP contribution in [0.5, 0.6) is 0 Å². The molecule has 0 saturated heterocycles. The van der Waals surface area contributed by atoms with E-state index in [9.17, 15) is 8.76 Å². The Labute approximate surface area is 84.0 Å². The molecular formula is C9H13N2O2S+. The van der Waals surface area contributed by atoms with E-state index >= 15 is 0 Å². The first kappa shape index (κ1) is 10.9. The molecule has 0 aliphatic carbocycles. The van der Waals surface area contributed by atoms with Crippen LogP contribution < -0.4 is 0 Å². The second-order valence-electron chi connectivity index (χ2n) is 2.98. The highest BCUT2D eigenvalue weighted by Crippen LogP contribution is 1.93. The van der Waals surface area contributed by atoms with E-state index in [-0.39, 0.29) is 5.75 Å². The lowest BCUT2D eigenvalue weighted by atomic mass is 10.5. The van der Waals surface area contributed by atoms with E-state index in [1.807, 2.05) is 6.20 Å². The average molecular weight is 213 g/mol. The maximum absolute atomic E-state index is 10.7. The van der Waals surface area contributed by atoms with Gasteiger partial charge in [-0.3, -0.25) is 4.21 Å². The first-order valence-electron chi connectivity index (χ1n) is 4.19. The second kappa shape index (κ2) is 4.37. The molecule has 0 radical (unpaired) electrons. The zero-order valence-corrected chi connectivity index (χ0v) is 8.70. The Morgan fingerprint density at radius 1 is 1.57 bits per heavy atom. The average Bonchev–Trinajstić information content (AvgIpc) is 2.50. The van der Waals surface area contributed by atoms with Gasteiger partial charge in [-0.15, -0.1) is 0 Å². The van der Waals surface area contributed by atoms with Crippen LogP contribution in [0.2, 0.25) is 0 Å². The zero-order chi connectivity index (χ0) is 10.6. The van der Waals surface area contributed by atoms with Gasteiger partial charge in [0.25, 0.3) is 6.20 Å². The largest absolute Gasteiger partial charge is 0.778 e. The Balaban J connectivity index is 2.46. The van der Waals surface area contributed by atoms with Gasteiger partial charge in [0.15, 0.2) is 12.7 Å². The molecule has 0 saturated carbocycles. The molecule has 1 heterocycles. The zero-order valence-electron chi connectivity index (χ0n) is 7.89. The summed E-state index contributed by atoms with van der Waals surface area (Å²) in [4.78, 5) is 0. The Bertz CT molecular complexity index is 426. The molecule has 0 aromatic carbocycles. The maximum atomic E-state index is 10.7. The third-order valence-corrected chi connectivity index (χ3v) is 2.61. The Morgan fingerprint density at radius 2 is 2.29 bits per heavy atom. The molecule has 0 amide bonds. The molecule has 1 aliphatic heterocycles. The van der Waals surface area contributed by atoms with Crippen LogP contribution in [-0.4, -0.2) is 42.1 Å². The number of rotatable bonds is 5. The summed E-state index contributed by atoms with van der Waals surface area (Å²) >= 11 is 0. The van der Waals surface area contributed by atoms with Crippen molar-refractivity contribution in [3.05, 3.63) is 25.2 Å². The van der Waals surface area contributed by atoms with Crippen molar-refractivity contribution in [3.8, 4) is 0 Å². The van der Waals surface area contributed by atoms with Crippen LogP contribution in [0.3, 0.4) is 0 Å². The van der Waals surface area contributed by atoms with E-state index in [0.29, 0.717) is 13.0 Å². The molecular weight excluding hydrogens is 200 g/mol. The van der Waals surface area contributed by atoms with Gasteiger partial charge < -0.3 is 4.55 Å². The van der Waals surface area contributed by atoms with E-state index in [1.54, 1.807) is 21.6 Å². The van der Waals surface area contributed by atoms with Crippen LogP contribution in [0.25, 0.3) is 0 Å². The smallest absolute Gasteiger partial charge is 0.494 e. The molecule has 0 N–H and O–H groups in total. The third kappa shape index (κ3) is 3.70. The standard InChI is InChI=1S/C9H13N2O2S/c1-3-10-6-7-11(9-10)5-4-8-14(2,12)13/h3,6-7H,1-2,4-5,8H2/q+1. The summed E-state index contributed by atoms with van der Waals surface area (Å²) in [5.74, 6) is 3.16. The van der Waals surface area contributed by atoms with Gasteiger partial charge in [0.05, 0.1) is 0 Å². The van der Waals surface area contributed by atoms with Gasteiger partial charge in [0.2, 0.25) is 6.20 Å². The number of hydrogen-bond acceptors (Lipinski definition) is 2. The molecule has 1 atom stereocenters. The maximum Gasteiger partial charge on any atom is 0.494 e. The molecule has 4 nitrogen and oxygen atoms in total. The number of hydrogen-bond donors (Lipinski definition) is 0. The highest BCUT2D eigenvalue weighted by Gasteiger charge is 2.12. The summed E-state index contributed by atoms with van der Waals surface area (Å²) in [5, 5.41) is 0. The Kier molecular flexibility index (Phi) is 3.41. The van der Waals surface area contributed by atoms with E-state index in [2.05, 4.69) is 18.5 Å².